The third-order valence-electron chi connectivity index (χ3n) is 3.03. The first-order valence-electron chi connectivity index (χ1n) is 6.63. The summed E-state index contributed by atoms with van der Waals surface area (Å²) >= 11 is 0. The highest BCUT2D eigenvalue weighted by atomic mass is 16.6. The molecule has 0 unspecified atom stereocenters. The summed E-state index contributed by atoms with van der Waals surface area (Å²) < 4.78 is 0. The molecule has 0 aliphatic carbocycles. The second-order valence-electron chi connectivity index (χ2n) is 4.27. The molecular weight excluding hydrogens is 258 g/mol. The normalized spacial score (nSPS) is 10.3. The molecule has 7 nitrogen and oxygen atoms in total. The lowest BCUT2D eigenvalue weighted by Gasteiger charge is -2.17. The van der Waals surface area contributed by atoms with Gasteiger partial charge in [0.2, 0.25) is 5.82 Å². The molecule has 0 fully saturated rings. The number of nitrogens with zero attached hydrogens (tertiary/aromatic N) is 4. The van der Waals surface area contributed by atoms with Crippen LogP contribution in [0.4, 0.5) is 11.5 Å². The van der Waals surface area contributed by atoms with Gasteiger partial charge < -0.3 is 10.2 Å². The number of aromatic nitrogens is 1. The average molecular weight is 277 g/mol. The molecule has 7 heteroatoms. The molecule has 0 spiro atoms. The van der Waals surface area contributed by atoms with Crippen LogP contribution in [0.3, 0.4) is 0 Å². The molecule has 1 heterocycles. The van der Waals surface area contributed by atoms with Crippen molar-refractivity contribution in [3.8, 4) is 6.07 Å². The predicted molar refractivity (Wildman–Crippen MR) is 76.5 cm³/mol. The maximum Gasteiger partial charge on any atom is 0.312 e. The Labute approximate surface area is 118 Å². The molecule has 0 amide bonds. The molecule has 0 radical (unpaired) electrons. The third kappa shape index (κ3) is 4.48. The van der Waals surface area contributed by atoms with Gasteiger partial charge >= 0.3 is 5.69 Å². The molecule has 1 aromatic heterocycles. The second kappa shape index (κ2) is 8.07. The quantitative estimate of drug-likeness (QED) is 0.443. The largest absolute Gasteiger partial charge is 0.364 e. The van der Waals surface area contributed by atoms with E-state index in [0.29, 0.717) is 6.54 Å². The van der Waals surface area contributed by atoms with Crippen molar-refractivity contribution in [2.24, 2.45) is 0 Å². The highest BCUT2D eigenvalue weighted by molar-refractivity contribution is 5.58. The van der Waals surface area contributed by atoms with Crippen molar-refractivity contribution >= 4 is 11.5 Å². The Morgan fingerprint density at radius 2 is 2.20 bits per heavy atom. The van der Waals surface area contributed by atoms with E-state index in [1.165, 1.54) is 12.3 Å². The van der Waals surface area contributed by atoms with Gasteiger partial charge in [0.15, 0.2) is 0 Å². The van der Waals surface area contributed by atoms with Gasteiger partial charge in [0, 0.05) is 18.8 Å². The molecule has 0 aliphatic rings. The Hall–Kier alpha value is -2.20. The van der Waals surface area contributed by atoms with E-state index >= 15 is 0 Å². The molecule has 1 N–H and O–H groups in total. The molecule has 20 heavy (non-hydrogen) atoms. The van der Waals surface area contributed by atoms with Crippen molar-refractivity contribution in [2.75, 3.05) is 31.5 Å². The van der Waals surface area contributed by atoms with Crippen molar-refractivity contribution in [1.29, 1.82) is 5.26 Å². The summed E-state index contributed by atoms with van der Waals surface area (Å²) in [5.41, 5.74) is 0.0253. The van der Waals surface area contributed by atoms with Gasteiger partial charge in [0.1, 0.15) is 6.07 Å². The van der Waals surface area contributed by atoms with Gasteiger partial charge in [-0.2, -0.15) is 5.26 Å². The number of hydrogen-bond acceptors (Lipinski definition) is 6. The number of nitriles is 1. The minimum absolute atomic E-state index is 0.160. The molecule has 0 aromatic carbocycles. The van der Waals surface area contributed by atoms with Gasteiger partial charge in [-0.1, -0.05) is 13.8 Å². The fraction of sp³-hybridized carbons (Fsp3) is 0.538. The zero-order chi connectivity index (χ0) is 15.0. The van der Waals surface area contributed by atoms with E-state index in [2.05, 4.69) is 29.0 Å². The monoisotopic (exact) mass is 277 g/mol. The van der Waals surface area contributed by atoms with E-state index in [4.69, 9.17) is 5.26 Å². The molecule has 0 saturated carbocycles. The topological polar surface area (TPSA) is 95.1 Å². The zero-order valence-electron chi connectivity index (χ0n) is 11.8. The molecule has 0 atom stereocenters. The zero-order valence-corrected chi connectivity index (χ0v) is 11.8. The summed E-state index contributed by atoms with van der Waals surface area (Å²) in [5, 5.41) is 22.6. The van der Waals surface area contributed by atoms with Crippen molar-refractivity contribution in [3.63, 3.8) is 0 Å². The molecule has 108 valence electrons. The maximum absolute atomic E-state index is 10.9. The summed E-state index contributed by atoms with van der Waals surface area (Å²) in [6.45, 7) is 7.73. The Kier molecular flexibility index (Phi) is 6.40. The molecule has 0 bridgehead atoms. The fourth-order valence-electron chi connectivity index (χ4n) is 1.84. The lowest BCUT2D eigenvalue weighted by Crippen LogP contribution is -2.25. The minimum atomic E-state index is -0.527. The first-order chi connectivity index (χ1) is 9.62. The SMILES string of the molecule is CCN(CC)CCCNc1ncc(C#N)cc1[N+](=O)[O-]. The van der Waals surface area contributed by atoms with Crippen LogP contribution in [-0.2, 0) is 0 Å². The minimum Gasteiger partial charge on any atom is -0.364 e. The Bertz CT molecular complexity index is 494. The van der Waals surface area contributed by atoms with Crippen LogP contribution in [0.2, 0.25) is 0 Å². The Morgan fingerprint density at radius 3 is 2.75 bits per heavy atom. The molecule has 1 aromatic rings. The number of nitro groups is 1. The van der Waals surface area contributed by atoms with E-state index < -0.39 is 4.92 Å². The van der Waals surface area contributed by atoms with Crippen molar-refractivity contribution < 1.29 is 4.92 Å². The number of nitrogens with one attached hydrogen (secondary N) is 1. The van der Waals surface area contributed by atoms with E-state index in [0.717, 1.165) is 26.1 Å². The number of pyridine rings is 1. The molecule has 0 saturated heterocycles. The van der Waals surface area contributed by atoms with Gasteiger partial charge in [-0.25, -0.2) is 4.98 Å². The molecule has 1 rings (SSSR count). The lowest BCUT2D eigenvalue weighted by molar-refractivity contribution is -0.384. The number of anilines is 1. The van der Waals surface area contributed by atoms with Gasteiger partial charge in [0.05, 0.1) is 10.5 Å². The van der Waals surface area contributed by atoms with Crippen LogP contribution < -0.4 is 5.32 Å². The number of rotatable bonds is 8. The first-order valence-corrected chi connectivity index (χ1v) is 6.63. The number of hydrogen-bond donors (Lipinski definition) is 1. The highest BCUT2D eigenvalue weighted by Crippen LogP contribution is 2.22. The van der Waals surface area contributed by atoms with Crippen LogP contribution in [-0.4, -0.2) is 41.0 Å². The van der Waals surface area contributed by atoms with Crippen LogP contribution in [0.5, 0.6) is 0 Å². The Morgan fingerprint density at radius 1 is 1.50 bits per heavy atom. The van der Waals surface area contributed by atoms with Gasteiger partial charge in [-0.15, -0.1) is 0 Å². The highest BCUT2D eigenvalue weighted by Gasteiger charge is 2.15. The van der Waals surface area contributed by atoms with Crippen LogP contribution in [0, 0.1) is 21.4 Å². The summed E-state index contributed by atoms with van der Waals surface area (Å²) in [6, 6.07) is 3.08. The lowest BCUT2D eigenvalue weighted by atomic mass is 10.2. The van der Waals surface area contributed by atoms with Crippen molar-refractivity contribution in [3.05, 3.63) is 27.9 Å². The summed E-state index contributed by atoms with van der Waals surface area (Å²) in [7, 11) is 0. The van der Waals surface area contributed by atoms with Gasteiger partial charge in [-0.3, -0.25) is 10.1 Å². The van der Waals surface area contributed by atoms with E-state index in [9.17, 15) is 10.1 Å². The Balaban J connectivity index is 2.60. The van der Waals surface area contributed by atoms with E-state index in [1.54, 1.807) is 0 Å². The van der Waals surface area contributed by atoms with E-state index in [1.807, 2.05) is 6.07 Å². The molecular formula is C13H19N5O2. The molecule has 0 aliphatic heterocycles. The predicted octanol–water partition coefficient (Wildman–Crippen LogP) is 2.01. The van der Waals surface area contributed by atoms with Gasteiger partial charge in [0.25, 0.3) is 0 Å². The van der Waals surface area contributed by atoms with Crippen molar-refractivity contribution in [2.45, 2.75) is 20.3 Å². The standard InChI is InChI=1S/C13H19N5O2/c1-3-17(4-2)7-5-6-15-13-12(18(19)20)8-11(9-14)10-16-13/h8,10H,3-7H2,1-2H3,(H,15,16). The average Bonchev–Trinajstić information content (AvgIpc) is 2.47. The van der Waals surface area contributed by atoms with E-state index in [-0.39, 0.29) is 17.1 Å². The van der Waals surface area contributed by atoms with Gasteiger partial charge in [-0.05, 0) is 26.1 Å². The maximum atomic E-state index is 10.9. The van der Waals surface area contributed by atoms with Crippen molar-refractivity contribution in [1.82, 2.24) is 9.88 Å². The smallest absolute Gasteiger partial charge is 0.312 e. The third-order valence-corrected chi connectivity index (χ3v) is 3.03. The summed E-state index contributed by atoms with van der Waals surface area (Å²) in [4.78, 5) is 16.6. The van der Waals surface area contributed by atoms with Crippen LogP contribution in [0.1, 0.15) is 25.8 Å². The van der Waals surface area contributed by atoms with Crippen LogP contribution in [0.25, 0.3) is 0 Å². The van der Waals surface area contributed by atoms with Crippen LogP contribution in [0.15, 0.2) is 12.3 Å². The summed E-state index contributed by atoms with van der Waals surface area (Å²) in [6.07, 6.45) is 2.21. The second-order valence-corrected chi connectivity index (χ2v) is 4.27. The first kappa shape index (κ1) is 15.9. The fourth-order valence-corrected chi connectivity index (χ4v) is 1.84. The summed E-state index contributed by atoms with van der Waals surface area (Å²) in [5.74, 6) is 0.216. The van der Waals surface area contributed by atoms with Crippen LogP contribution >= 0.6 is 0 Å².